The highest BCUT2D eigenvalue weighted by molar-refractivity contribution is 7.99. The third-order valence-electron chi connectivity index (χ3n) is 2.38. The van der Waals surface area contributed by atoms with Crippen molar-refractivity contribution >= 4 is 11.8 Å². The third kappa shape index (κ3) is 4.52. The summed E-state index contributed by atoms with van der Waals surface area (Å²) in [5, 5.41) is 0.785. The van der Waals surface area contributed by atoms with Gasteiger partial charge in [0.05, 0.1) is 0 Å². The average molecular weight is 172 g/mol. The molecule has 0 heterocycles. The first-order valence-electron chi connectivity index (χ1n) is 4.27. The van der Waals surface area contributed by atoms with Crippen LogP contribution in [0.3, 0.4) is 0 Å². The minimum Gasteiger partial charge on any atom is -0.162 e. The molecule has 0 aromatic heterocycles. The largest absolute Gasteiger partial charge is 0.162 e. The summed E-state index contributed by atoms with van der Waals surface area (Å²) in [5.74, 6) is 1.43. The van der Waals surface area contributed by atoms with Crippen molar-refractivity contribution in [3.8, 4) is 0 Å². The van der Waals surface area contributed by atoms with Crippen LogP contribution in [0.15, 0.2) is 12.7 Å². The fourth-order valence-electron chi connectivity index (χ4n) is 1.07. The van der Waals surface area contributed by atoms with Crippen LogP contribution in [0, 0.1) is 11.8 Å². The lowest BCUT2D eigenvalue weighted by atomic mass is 9.92. The standard InChI is InChI=1S/C10H20S/c1-6-8(2)9(3)7-10(4)11-5/h6,8-10H,1,7H2,2-5H3. The van der Waals surface area contributed by atoms with Gasteiger partial charge in [-0.1, -0.05) is 26.8 Å². The second-order valence-corrected chi connectivity index (χ2v) is 4.63. The van der Waals surface area contributed by atoms with Gasteiger partial charge in [0.1, 0.15) is 0 Å². The summed E-state index contributed by atoms with van der Waals surface area (Å²) in [6.45, 7) is 10.6. The van der Waals surface area contributed by atoms with Gasteiger partial charge in [-0.2, -0.15) is 11.8 Å². The Hall–Kier alpha value is 0.0900. The molecule has 0 rings (SSSR count). The molecule has 0 aromatic rings. The predicted molar refractivity (Wildman–Crippen MR) is 56.1 cm³/mol. The summed E-state index contributed by atoms with van der Waals surface area (Å²) in [5.41, 5.74) is 0. The van der Waals surface area contributed by atoms with Gasteiger partial charge in [-0.3, -0.25) is 0 Å². The molecule has 0 fully saturated rings. The molecule has 3 unspecified atom stereocenters. The molecule has 0 saturated carbocycles. The molecule has 3 atom stereocenters. The van der Waals surface area contributed by atoms with E-state index in [9.17, 15) is 0 Å². The van der Waals surface area contributed by atoms with Gasteiger partial charge >= 0.3 is 0 Å². The fraction of sp³-hybridized carbons (Fsp3) is 0.800. The van der Waals surface area contributed by atoms with E-state index in [4.69, 9.17) is 0 Å². The number of hydrogen-bond acceptors (Lipinski definition) is 1. The maximum Gasteiger partial charge on any atom is 0.00186 e. The Morgan fingerprint density at radius 3 is 2.27 bits per heavy atom. The summed E-state index contributed by atoms with van der Waals surface area (Å²) in [4.78, 5) is 0. The molecule has 0 aromatic carbocycles. The zero-order valence-electron chi connectivity index (χ0n) is 8.13. The second kappa shape index (κ2) is 5.70. The van der Waals surface area contributed by atoms with E-state index in [-0.39, 0.29) is 0 Å². The van der Waals surface area contributed by atoms with E-state index in [1.54, 1.807) is 0 Å². The summed E-state index contributed by atoms with van der Waals surface area (Å²) in [6, 6.07) is 0. The van der Waals surface area contributed by atoms with Gasteiger partial charge in [0.25, 0.3) is 0 Å². The monoisotopic (exact) mass is 172 g/mol. The van der Waals surface area contributed by atoms with E-state index in [0.29, 0.717) is 5.92 Å². The highest BCUT2D eigenvalue weighted by atomic mass is 32.2. The lowest BCUT2D eigenvalue weighted by Gasteiger charge is -2.19. The molecule has 66 valence electrons. The number of thioether (sulfide) groups is 1. The Morgan fingerprint density at radius 1 is 1.36 bits per heavy atom. The number of hydrogen-bond donors (Lipinski definition) is 0. The fourth-order valence-corrected chi connectivity index (χ4v) is 1.56. The van der Waals surface area contributed by atoms with Gasteiger partial charge in [0.15, 0.2) is 0 Å². The van der Waals surface area contributed by atoms with Crippen LogP contribution in [0.1, 0.15) is 27.2 Å². The Balaban J connectivity index is 3.66. The normalized spacial score (nSPS) is 18.9. The van der Waals surface area contributed by atoms with E-state index >= 15 is 0 Å². The third-order valence-corrected chi connectivity index (χ3v) is 3.37. The zero-order valence-corrected chi connectivity index (χ0v) is 8.95. The first kappa shape index (κ1) is 11.1. The van der Waals surface area contributed by atoms with Crippen molar-refractivity contribution < 1.29 is 0 Å². The van der Waals surface area contributed by atoms with Crippen LogP contribution in [0.2, 0.25) is 0 Å². The van der Waals surface area contributed by atoms with Crippen LogP contribution in [0.5, 0.6) is 0 Å². The van der Waals surface area contributed by atoms with E-state index in [1.165, 1.54) is 6.42 Å². The summed E-state index contributed by atoms with van der Waals surface area (Å²) in [6.07, 6.45) is 5.53. The van der Waals surface area contributed by atoms with Crippen molar-refractivity contribution in [2.45, 2.75) is 32.4 Å². The molecule has 0 aliphatic carbocycles. The van der Waals surface area contributed by atoms with Crippen LogP contribution >= 0.6 is 11.8 Å². The topological polar surface area (TPSA) is 0 Å². The van der Waals surface area contributed by atoms with Gasteiger partial charge < -0.3 is 0 Å². The molecular weight excluding hydrogens is 152 g/mol. The second-order valence-electron chi connectivity index (χ2n) is 3.35. The minimum absolute atomic E-state index is 0.657. The Labute approximate surface area is 75.5 Å². The first-order chi connectivity index (χ1) is 5.11. The maximum absolute atomic E-state index is 3.81. The van der Waals surface area contributed by atoms with E-state index < -0.39 is 0 Å². The summed E-state index contributed by atoms with van der Waals surface area (Å²) >= 11 is 1.95. The van der Waals surface area contributed by atoms with Gasteiger partial charge in [-0.25, -0.2) is 0 Å². The van der Waals surface area contributed by atoms with E-state index in [2.05, 4.69) is 39.7 Å². The van der Waals surface area contributed by atoms with E-state index in [1.807, 2.05) is 11.8 Å². The zero-order chi connectivity index (χ0) is 8.85. The number of allylic oxidation sites excluding steroid dienone is 1. The van der Waals surface area contributed by atoms with Crippen LogP contribution in [0.25, 0.3) is 0 Å². The van der Waals surface area contributed by atoms with Crippen molar-refractivity contribution in [1.29, 1.82) is 0 Å². The molecule has 0 amide bonds. The molecule has 0 aliphatic rings. The van der Waals surface area contributed by atoms with Gasteiger partial charge in [0, 0.05) is 5.25 Å². The number of rotatable bonds is 5. The van der Waals surface area contributed by atoms with Crippen LogP contribution in [-0.2, 0) is 0 Å². The summed E-state index contributed by atoms with van der Waals surface area (Å²) < 4.78 is 0. The lowest BCUT2D eigenvalue weighted by molar-refractivity contribution is 0.429. The van der Waals surface area contributed by atoms with Crippen LogP contribution in [0.4, 0.5) is 0 Å². The van der Waals surface area contributed by atoms with Crippen LogP contribution < -0.4 is 0 Å². The Morgan fingerprint density at radius 2 is 1.91 bits per heavy atom. The Kier molecular flexibility index (Phi) is 5.75. The van der Waals surface area contributed by atoms with Crippen molar-refractivity contribution in [1.82, 2.24) is 0 Å². The first-order valence-corrected chi connectivity index (χ1v) is 5.56. The maximum atomic E-state index is 3.81. The van der Waals surface area contributed by atoms with Gasteiger partial charge in [0.2, 0.25) is 0 Å². The molecule has 0 nitrogen and oxygen atoms in total. The van der Waals surface area contributed by atoms with Crippen LogP contribution in [-0.4, -0.2) is 11.5 Å². The highest BCUT2D eigenvalue weighted by Gasteiger charge is 2.11. The van der Waals surface area contributed by atoms with Crippen molar-refractivity contribution in [3.63, 3.8) is 0 Å². The predicted octanol–water partition coefficient (Wildman–Crippen LogP) is 3.59. The molecule has 1 heteroatoms. The average Bonchev–Trinajstić information content (AvgIpc) is 2.02. The molecule has 0 spiro atoms. The van der Waals surface area contributed by atoms with Crippen molar-refractivity contribution in [2.24, 2.45) is 11.8 Å². The molecule has 11 heavy (non-hydrogen) atoms. The minimum atomic E-state index is 0.657. The quantitative estimate of drug-likeness (QED) is 0.571. The molecule has 0 bridgehead atoms. The molecule has 0 saturated heterocycles. The van der Waals surface area contributed by atoms with Gasteiger partial charge in [-0.05, 0) is 24.5 Å². The Bertz CT molecular complexity index is 109. The van der Waals surface area contributed by atoms with Crippen molar-refractivity contribution in [3.05, 3.63) is 12.7 Å². The molecule has 0 radical (unpaired) electrons. The molecule has 0 aliphatic heterocycles. The lowest BCUT2D eigenvalue weighted by Crippen LogP contribution is -2.10. The highest BCUT2D eigenvalue weighted by Crippen LogP contribution is 2.22. The SMILES string of the molecule is C=CC(C)C(C)CC(C)SC. The smallest absolute Gasteiger partial charge is 0.00186 e. The summed E-state index contributed by atoms with van der Waals surface area (Å²) in [7, 11) is 0. The molecular formula is C10H20S. The van der Waals surface area contributed by atoms with Gasteiger partial charge in [-0.15, -0.1) is 6.58 Å². The van der Waals surface area contributed by atoms with Crippen molar-refractivity contribution in [2.75, 3.05) is 6.26 Å². The molecule has 0 N–H and O–H groups in total. The van der Waals surface area contributed by atoms with E-state index in [0.717, 1.165) is 11.2 Å².